The number of ether oxygens (including phenoxy) is 1. The molecule has 88 valence electrons. The number of benzene rings is 1. The molecular weight excluding hydrogens is 279 g/mol. The first-order valence-corrected chi connectivity index (χ1v) is 6.44. The zero-order chi connectivity index (χ0) is 12.4. The van der Waals surface area contributed by atoms with Crippen molar-refractivity contribution in [2.75, 3.05) is 7.11 Å². The molecule has 1 aromatic heterocycles. The highest BCUT2D eigenvalue weighted by Gasteiger charge is 2.17. The number of hydrogen-bond donors (Lipinski definition) is 0. The van der Waals surface area contributed by atoms with Crippen LogP contribution in [0.2, 0.25) is 10.0 Å². The molecule has 1 aromatic carbocycles. The molecule has 0 N–H and O–H groups in total. The van der Waals surface area contributed by atoms with Crippen molar-refractivity contribution in [3.63, 3.8) is 0 Å². The summed E-state index contributed by atoms with van der Waals surface area (Å²) in [6, 6.07) is 5.00. The normalized spacial score (nSPS) is 10.3. The Morgan fingerprint density at radius 2 is 2.00 bits per heavy atom. The second-order valence-electron chi connectivity index (χ2n) is 3.28. The van der Waals surface area contributed by atoms with Crippen LogP contribution in [-0.4, -0.2) is 12.9 Å². The van der Waals surface area contributed by atoms with Crippen LogP contribution < -0.4 is 4.74 Å². The number of halogens is 2. The summed E-state index contributed by atoms with van der Waals surface area (Å²) in [5, 5.41) is 4.10. The lowest BCUT2D eigenvalue weighted by Crippen LogP contribution is -2.01. The molecule has 0 amide bonds. The fraction of sp³-hybridized carbons (Fsp3) is 0.0833. The first kappa shape index (κ1) is 12.4. The van der Waals surface area contributed by atoms with Crippen LogP contribution in [0.1, 0.15) is 15.9 Å². The SMILES string of the molecule is COc1ccc(C(=O)c2ccsc2)c(Cl)c1Cl. The molecule has 0 saturated heterocycles. The average molecular weight is 287 g/mol. The zero-order valence-corrected chi connectivity index (χ0v) is 11.2. The summed E-state index contributed by atoms with van der Waals surface area (Å²) in [4.78, 5) is 12.1. The van der Waals surface area contributed by atoms with Crippen molar-refractivity contribution in [3.8, 4) is 5.75 Å². The molecule has 5 heteroatoms. The molecule has 0 radical (unpaired) electrons. The third kappa shape index (κ3) is 2.32. The maximum absolute atomic E-state index is 12.1. The third-order valence-electron chi connectivity index (χ3n) is 2.29. The minimum atomic E-state index is -0.138. The summed E-state index contributed by atoms with van der Waals surface area (Å²) in [6.45, 7) is 0. The van der Waals surface area contributed by atoms with E-state index in [0.717, 1.165) is 0 Å². The molecule has 0 spiro atoms. The van der Waals surface area contributed by atoms with Crippen LogP contribution in [0, 0.1) is 0 Å². The van der Waals surface area contributed by atoms with Crippen LogP contribution in [0.15, 0.2) is 29.0 Å². The van der Waals surface area contributed by atoms with Crippen molar-refractivity contribution < 1.29 is 9.53 Å². The summed E-state index contributed by atoms with van der Waals surface area (Å²) in [5.41, 5.74) is 0.994. The molecule has 0 saturated carbocycles. The number of carbonyl (C=O) groups is 1. The van der Waals surface area contributed by atoms with Crippen LogP contribution in [-0.2, 0) is 0 Å². The van der Waals surface area contributed by atoms with Gasteiger partial charge in [0.1, 0.15) is 10.8 Å². The highest BCUT2D eigenvalue weighted by molar-refractivity contribution is 7.08. The quantitative estimate of drug-likeness (QED) is 0.787. The van der Waals surface area contributed by atoms with Crippen LogP contribution in [0.4, 0.5) is 0 Å². The Labute approximate surface area is 113 Å². The van der Waals surface area contributed by atoms with Gasteiger partial charge in [-0.25, -0.2) is 0 Å². The lowest BCUT2D eigenvalue weighted by Gasteiger charge is -2.08. The van der Waals surface area contributed by atoms with Gasteiger partial charge in [-0.15, -0.1) is 0 Å². The van der Waals surface area contributed by atoms with Crippen molar-refractivity contribution in [1.82, 2.24) is 0 Å². The van der Waals surface area contributed by atoms with Crippen LogP contribution in [0.25, 0.3) is 0 Å². The Morgan fingerprint density at radius 3 is 2.59 bits per heavy atom. The number of hydrogen-bond acceptors (Lipinski definition) is 3. The predicted octanol–water partition coefficient (Wildman–Crippen LogP) is 4.29. The molecule has 0 aliphatic rings. The Bertz CT molecular complexity index is 550. The zero-order valence-electron chi connectivity index (χ0n) is 8.87. The van der Waals surface area contributed by atoms with Crippen molar-refractivity contribution >= 4 is 40.3 Å². The maximum atomic E-state index is 12.1. The molecule has 2 rings (SSSR count). The van der Waals surface area contributed by atoms with Gasteiger partial charge in [-0.2, -0.15) is 11.3 Å². The van der Waals surface area contributed by atoms with E-state index in [2.05, 4.69) is 0 Å². The third-order valence-corrected chi connectivity index (χ3v) is 3.84. The van der Waals surface area contributed by atoms with Gasteiger partial charge >= 0.3 is 0 Å². The van der Waals surface area contributed by atoms with E-state index in [-0.39, 0.29) is 15.8 Å². The van der Waals surface area contributed by atoms with E-state index in [9.17, 15) is 4.79 Å². The Balaban J connectivity index is 2.47. The first-order valence-electron chi connectivity index (χ1n) is 4.74. The first-order chi connectivity index (χ1) is 8.15. The molecule has 2 nitrogen and oxygen atoms in total. The van der Waals surface area contributed by atoms with Gasteiger partial charge in [0.2, 0.25) is 0 Å². The van der Waals surface area contributed by atoms with Crippen molar-refractivity contribution in [1.29, 1.82) is 0 Å². The van der Waals surface area contributed by atoms with E-state index in [1.54, 1.807) is 23.6 Å². The van der Waals surface area contributed by atoms with Gasteiger partial charge < -0.3 is 4.74 Å². The number of methoxy groups -OCH3 is 1. The lowest BCUT2D eigenvalue weighted by atomic mass is 10.1. The minimum absolute atomic E-state index is 0.138. The number of thiophene rings is 1. The summed E-state index contributed by atoms with van der Waals surface area (Å²) >= 11 is 13.5. The number of carbonyl (C=O) groups excluding carboxylic acids is 1. The van der Waals surface area contributed by atoms with Gasteiger partial charge in [0.25, 0.3) is 0 Å². The van der Waals surface area contributed by atoms with E-state index < -0.39 is 0 Å². The van der Waals surface area contributed by atoms with Gasteiger partial charge in [0, 0.05) is 16.5 Å². The summed E-state index contributed by atoms with van der Waals surface area (Å²) in [7, 11) is 1.50. The van der Waals surface area contributed by atoms with E-state index in [1.807, 2.05) is 5.38 Å². The standard InChI is InChI=1S/C12H8Cl2O2S/c1-16-9-3-2-8(10(13)11(9)14)12(15)7-4-5-17-6-7/h2-6H,1H3. The van der Waals surface area contributed by atoms with Crippen molar-refractivity contribution in [2.24, 2.45) is 0 Å². The van der Waals surface area contributed by atoms with E-state index >= 15 is 0 Å². The molecule has 0 aliphatic heterocycles. The monoisotopic (exact) mass is 286 g/mol. The van der Waals surface area contributed by atoms with E-state index in [1.165, 1.54) is 18.4 Å². The van der Waals surface area contributed by atoms with Gasteiger partial charge in [-0.1, -0.05) is 23.2 Å². The van der Waals surface area contributed by atoms with Crippen LogP contribution in [0.3, 0.4) is 0 Å². The molecule has 0 atom stereocenters. The molecule has 0 aliphatic carbocycles. The smallest absolute Gasteiger partial charge is 0.195 e. The average Bonchev–Trinajstić information content (AvgIpc) is 2.85. The van der Waals surface area contributed by atoms with Crippen molar-refractivity contribution in [3.05, 3.63) is 50.1 Å². The molecule has 17 heavy (non-hydrogen) atoms. The Morgan fingerprint density at radius 1 is 1.24 bits per heavy atom. The fourth-order valence-electron chi connectivity index (χ4n) is 1.41. The topological polar surface area (TPSA) is 26.3 Å². The van der Waals surface area contributed by atoms with E-state index in [4.69, 9.17) is 27.9 Å². The van der Waals surface area contributed by atoms with Crippen LogP contribution in [0.5, 0.6) is 5.75 Å². The molecule has 0 unspecified atom stereocenters. The molecule has 0 fully saturated rings. The molecular formula is C12H8Cl2O2S. The summed E-state index contributed by atoms with van der Waals surface area (Å²) in [6.07, 6.45) is 0. The summed E-state index contributed by atoms with van der Waals surface area (Å²) in [5.74, 6) is 0.319. The van der Waals surface area contributed by atoms with Gasteiger partial charge in [0.15, 0.2) is 5.78 Å². The Kier molecular flexibility index (Phi) is 3.72. The minimum Gasteiger partial charge on any atom is -0.495 e. The number of rotatable bonds is 3. The predicted molar refractivity (Wildman–Crippen MR) is 70.8 cm³/mol. The van der Waals surface area contributed by atoms with Crippen LogP contribution >= 0.6 is 34.5 Å². The van der Waals surface area contributed by atoms with Gasteiger partial charge in [0.05, 0.1) is 12.1 Å². The molecule has 2 aromatic rings. The molecule has 0 bridgehead atoms. The number of ketones is 1. The fourth-order valence-corrected chi connectivity index (χ4v) is 2.53. The van der Waals surface area contributed by atoms with Crippen molar-refractivity contribution in [2.45, 2.75) is 0 Å². The Hall–Kier alpha value is -1.03. The highest BCUT2D eigenvalue weighted by atomic mass is 35.5. The van der Waals surface area contributed by atoms with Gasteiger partial charge in [-0.3, -0.25) is 4.79 Å². The lowest BCUT2D eigenvalue weighted by molar-refractivity contribution is 0.103. The highest BCUT2D eigenvalue weighted by Crippen LogP contribution is 2.35. The summed E-state index contributed by atoms with van der Waals surface area (Å²) < 4.78 is 5.03. The second kappa shape index (κ2) is 5.08. The maximum Gasteiger partial charge on any atom is 0.195 e. The van der Waals surface area contributed by atoms with Gasteiger partial charge in [-0.05, 0) is 23.6 Å². The van der Waals surface area contributed by atoms with E-state index in [0.29, 0.717) is 16.9 Å². The molecule has 1 heterocycles. The second-order valence-corrected chi connectivity index (χ2v) is 4.82. The largest absolute Gasteiger partial charge is 0.495 e.